The van der Waals surface area contributed by atoms with E-state index >= 15 is 0 Å². The number of non-ortho nitro benzene ring substituents is 1. The summed E-state index contributed by atoms with van der Waals surface area (Å²) in [5.41, 5.74) is 2.27. The average Bonchev–Trinajstić information content (AvgIpc) is 2.45. The fourth-order valence-electron chi connectivity index (χ4n) is 2.05. The highest BCUT2D eigenvalue weighted by Crippen LogP contribution is 2.20. The van der Waals surface area contributed by atoms with E-state index in [0.717, 1.165) is 11.1 Å². The van der Waals surface area contributed by atoms with Gasteiger partial charge in [-0.25, -0.2) is 0 Å². The van der Waals surface area contributed by atoms with Crippen molar-refractivity contribution in [1.29, 1.82) is 0 Å². The molecule has 108 valence electrons. The zero-order valence-corrected chi connectivity index (χ0v) is 11.8. The van der Waals surface area contributed by atoms with Crippen molar-refractivity contribution in [3.05, 3.63) is 69.3 Å². The molecule has 0 fully saturated rings. The molecule has 0 N–H and O–H groups in total. The van der Waals surface area contributed by atoms with Crippen molar-refractivity contribution in [3.63, 3.8) is 0 Å². The van der Waals surface area contributed by atoms with E-state index in [2.05, 4.69) is 0 Å². The summed E-state index contributed by atoms with van der Waals surface area (Å²) in [6, 6.07) is 11.5. The molecule has 5 heteroatoms. The molecule has 0 unspecified atom stereocenters. The van der Waals surface area contributed by atoms with Gasteiger partial charge >= 0.3 is 0 Å². The first-order valence-corrected chi connectivity index (χ1v) is 6.45. The third kappa shape index (κ3) is 3.66. The molecule has 2 aromatic rings. The lowest BCUT2D eigenvalue weighted by Crippen LogP contribution is -1.99. The Kier molecular flexibility index (Phi) is 4.33. The van der Waals surface area contributed by atoms with E-state index in [0.29, 0.717) is 11.3 Å². The number of ether oxygens (including phenoxy) is 1. The summed E-state index contributed by atoms with van der Waals surface area (Å²) in [5, 5.41) is 10.7. The third-order valence-corrected chi connectivity index (χ3v) is 3.10. The summed E-state index contributed by atoms with van der Waals surface area (Å²) in [5.74, 6) is 0.641. The van der Waals surface area contributed by atoms with Gasteiger partial charge in [0.05, 0.1) is 4.92 Å². The predicted octanol–water partition coefficient (Wildman–Crippen LogP) is 3.68. The number of hydrogen-bond donors (Lipinski definition) is 0. The van der Waals surface area contributed by atoms with Gasteiger partial charge in [0.2, 0.25) is 0 Å². The van der Waals surface area contributed by atoms with Crippen molar-refractivity contribution >= 4 is 11.5 Å². The van der Waals surface area contributed by atoms with Gasteiger partial charge in [0.25, 0.3) is 5.69 Å². The van der Waals surface area contributed by atoms with E-state index in [4.69, 9.17) is 4.74 Å². The second kappa shape index (κ2) is 6.17. The number of ketones is 1. The number of hydrogen-bond acceptors (Lipinski definition) is 4. The van der Waals surface area contributed by atoms with Gasteiger partial charge in [0.15, 0.2) is 5.78 Å². The van der Waals surface area contributed by atoms with Crippen molar-refractivity contribution in [2.45, 2.75) is 20.5 Å². The van der Waals surface area contributed by atoms with Gasteiger partial charge in [-0.1, -0.05) is 12.1 Å². The maximum Gasteiger partial charge on any atom is 0.269 e. The summed E-state index contributed by atoms with van der Waals surface area (Å²) in [4.78, 5) is 21.6. The minimum atomic E-state index is -0.435. The first-order chi connectivity index (χ1) is 9.97. The number of nitrogens with zero attached hydrogens (tertiary/aromatic N) is 1. The van der Waals surface area contributed by atoms with Crippen LogP contribution in [0.5, 0.6) is 5.75 Å². The maximum absolute atomic E-state index is 11.4. The quantitative estimate of drug-likeness (QED) is 0.477. The molecule has 0 radical (unpaired) electrons. The van der Waals surface area contributed by atoms with Crippen molar-refractivity contribution in [2.75, 3.05) is 0 Å². The monoisotopic (exact) mass is 285 g/mol. The van der Waals surface area contributed by atoms with E-state index in [-0.39, 0.29) is 18.1 Å². The molecule has 0 atom stereocenters. The Morgan fingerprint density at radius 3 is 2.62 bits per heavy atom. The van der Waals surface area contributed by atoms with Crippen LogP contribution >= 0.6 is 0 Å². The zero-order chi connectivity index (χ0) is 15.4. The summed E-state index contributed by atoms with van der Waals surface area (Å²) in [6.45, 7) is 3.60. The molecule has 0 saturated heterocycles. The van der Waals surface area contributed by atoms with E-state index in [1.807, 2.05) is 6.92 Å². The van der Waals surface area contributed by atoms with Gasteiger partial charge in [-0.05, 0) is 43.2 Å². The summed E-state index contributed by atoms with van der Waals surface area (Å²) >= 11 is 0. The zero-order valence-electron chi connectivity index (χ0n) is 11.8. The molecule has 0 heterocycles. The van der Waals surface area contributed by atoms with Crippen molar-refractivity contribution in [3.8, 4) is 5.75 Å². The van der Waals surface area contributed by atoms with E-state index < -0.39 is 4.92 Å². The molecule has 2 rings (SSSR count). The normalized spacial score (nSPS) is 10.2. The van der Waals surface area contributed by atoms with Gasteiger partial charge in [-0.3, -0.25) is 14.9 Å². The minimum Gasteiger partial charge on any atom is -0.489 e. The Morgan fingerprint density at radius 1 is 1.24 bits per heavy atom. The summed E-state index contributed by atoms with van der Waals surface area (Å²) in [6.07, 6.45) is 0. The molecule has 0 aliphatic rings. The van der Waals surface area contributed by atoms with Crippen LogP contribution in [0.15, 0.2) is 42.5 Å². The SMILES string of the molecule is CC(=O)c1ccc(OCc2cccc([N+](=O)[O-])c2)cc1C. The molecule has 0 aliphatic heterocycles. The number of Topliss-reactive ketones (excluding diaryl/α,β-unsaturated/α-hetero) is 1. The minimum absolute atomic E-state index is 0.0118. The lowest BCUT2D eigenvalue weighted by molar-refractivity contribution is -0.384. The number of carbonyl (C=O) groups excluding carboxylic acids is 1. The van der Waals surface area contributed by atoms with Crippen LogP contribution in [-0.2, 0) is 6.61 Å². The van der Waals surface area contributed by atoms with Crippen molar-refractivity contribution in [2.24, 2.45) is 0 Å². The third-order valence-electron chi connectivity index (χ3n) is 3.10. The molecule has 0 bridgehead atoms. The van der Waals surface area contributed by atoms with Crippen molar-refractivity contribution in [1.82, 2.24) is 0 Å². The van der Waals surface area contributed by atoms with Crippen LogP contribution in [0.2, 0.25) is 0 Å². The molecular weight excluding hydrogens is 270 g/mol. The van der Waals surface area contributed by atoms with Gasteiger partial charge in [-0.15, -0.1) is 0 Å². The van der Waals surface area contributed by atoms with Crippen LogP contribution in [0.4, 0.5) is 5.69 Å². The van der Waals surface area contributed by atoms with Crippen molar-refractivity contribution < 1.29 is 14.5 Å². The topological polar surface area (TPSA) is 69.4 Å². The lowest BCUT2D eigenvalue weighted by Gasteiger charge is -2.09. The van der Waals surface area contributed by atoms with Crippen LogP contribution in [0.25, 0.3) is 0 Å². The second-order valence-corrected chi connectivity index (χ2v) is 4.75. The highest BCUT2D eigenvalue weighted by atomic mass is 16.6. The van der Waals surface area contributed by atoms with E-state index in [1.165, 1.54) is 19.1 Å². The van der Waals surface area contributed by atoms with Gasteiger partial charge < -0.3 is 4.74 Å². The molecule has 5 nitrogen and oxygen atoms in total. The Bertz CT molecular complexity index is 694. The molecule has 0 amide bonds. The number of carbonyl (C=O) groups is 1. The smallest absolute Gasteiger partial charge is 0.269 e. The predicted molar refractivity (Wildman–Crippen MR) is 78.6 cm³/mol. The molecule has 0 aliphatic carbocycles. The summed E-state index contributed by atoms with van der Waals surface area (Å²) in [7, 11) is 0. The fourth-order valence-corrected chi connectivity index (χ4v) is 2.05. The first-order valence-electron chi connectivity index (χ1n) is 6.45. The average molecular weight is 285 g/mol. The van der Waals surface area contributed by atoms with Gasteiger partial charge in [-0.2, -0.15) is 0 Å². The number of benzene rings is 2. The molecular formula is C16H15NO4. The van der Waals surface area contributed by atoms with Crippen LogP contribution in [-0.4, -0.2) is 10.7 Å². The number of nitro benzene ring substituents is 1. The van der Waals surface area contributed by atoms with Crippen LogP contribution < -0.4 is 4.74 Å². The van der Waals surface area contributed by atoms with Gasteiger partial charge in [0, 0.05) is 17.7 Å². The number of nitro groups is 1. The standard InChI is InChI=1S/C16H15NO4/c1-11-8-15(6-7-16(11)12(2)18)21-10-13-4-3-5-14(9-13)17(19)20/h3-9H,10H2,1-2H3. The fraction of sp³-hybridized carbons (Fsp3) is 0.188. The largest absolute Gasteiger partial charge is 0.489 e. The Labute approximate surface area is 122 Å². The summed E-state index contributed by atoms with van der Waals surface area (Å²) < 4.78 is 5.61. The highest BCUT2D eigenvalue weighted by Gasteiger charge is 2.07. The molecule has 21 heavy (non-hydrogen) atoms. The van der Waals surface area contributed by atoms with Crippen LogP contribution in [0.3, 0.4) is 0 Å². The highest BCUT2D eigenvalue weighted by molar-refractivity contribution is 5.95. The Balaban J connectivity index is 2.10. The van der Waals surface area contributed by atoms with Gasteiger partial charge in [0.1, 0.15) is 12.4 Å². The first kappa shape index (κ1) is 14.7. The lowest BCUT2D eigenvalue weighted by atomic mass is 10.1. The molecule has 2 aromatic carbocycles. The van der Waals surface area contributed by atoms with E-state index in [9.17, 15) is 14.9 Å². The Hall–Kier alpha value is -2.69. The Morgan fingerprint density at radius 2 is 2.00 bits per heavy atom. The number of aryl methyl sites for hydroxylation is 1. The second-order valence-electron chi connectivity index (χ2n) is 4.75. The van der Waals surface area contributed by atoms with Crippen LogP contribution in [0.1, 0.15) is 28.4 Å². The molecule has 0 saturated carbocycles. The van der Waals surface area contributed by atoms with Crippen LogP contribution in [0, 0.1) is 17.0 Å². The number of rotatable bonds is 5. The van der Waals surface area contributed by atoms with E-state index in [1.54, 1.807) is 30.3 Å². The maximum atomic E-state index is 11.4. The molecule has 0 aromatic heterocycles. The molecule has 0 spiro atoms.